The number of hydrogen-bond donors (Lipinski definition) is 1. The summed E-state index contributed by atoms with van der Waals surface area (Å²) in [6, 6.07) is 15.4. The van der Waals surface area contributed by atoms with E-state index in [0.717, 1.165) is 12.1 Å². The van der Waals surface area contributed by atoms with Gasteiger partial charge in [-0.15, -0.1) is 0 Å². The van der Waals surface area contributed by atoms with E-state index in [9.17, 15) is 4.79 Å². The standard InChI is InChI=1S/C18H19ClN2O2/c1-13-12-14-6-2-4-8-16(14)21(13)18(22)20-10-11-23-17-9-5-3-7-15(17)19/h2-9,13H,10-12H2,1H3,(H,20,22). The molecule has 4 nitrogen and oxygen atoms in total. The maximum atomic E-state index is 12.4. The van der Waals surface area contributed by atoms with Gasteiger partial charge in [-0.05, 0) is 37.1 Å². The van der Waals surface area contributed by atoms with Crippen LogP contribution in [0.2, 0.25) is 5.02 Å². The summed E-state index contributed by atoms with van der Waals surface area (Å²) in [5.41, 5.74) is 2.20. The van der Waals surface area contributed by atoms with Crippen molar-refractivity contribution in [1.29, 1.82) is 0 Å². The van der Waals surface area contributed by atoms with E-state index in [1.807, 2.05) is 41.3 Å². The van der Waals surface area contributed by atoms with Crippen LogP contribution in [0.5, 0.6) is 5.75 Å². The van der Waals surface area contributed by atoms with Gasteiger partial charge in [0, 0.05) is 11.7 Å². The minimum absolute atomic E-state index is 0.0924. The molecule has 0 saturated heterocycles. The molecule has 0 aliphatic carbocycles. The monoisotopic (exact) mass is 330 g/mol. The lowest BCUT2D eigenvalue weighted by molar-refractivity contribution is 0.240. The molecule has 1 aliphatic heterocycles. The largest absolute Gasteiger partial charge is 0.490 e. The van der Waals surface area contributed by atoms with Crippen LogP contribution in [-0.4, -0.2) is 25.2 Å². The molecule has 0 spiro atoms. The zero-order chi connectivity index (χ0) is 16.2. The second-order valence-electron chi connectivity index (χ2n) is 5.56. The molecule has 0 fully saturated rings. The first-order valence-electron chi connectivity index (χ1n) is 7.69. The first-order chi connectivity index (χ1) is 11.2. The number of nitrogens with zero attached hydrogens (tertiary/aromatic N) is 1. The van der Waals surface area contributed by atoms with Crippen molar-refractivity contribution in [2.75, 3.05) is 18.1 Å². The zero-order valence-corrected chi connectivity index (χ0v) is 13.7. The molecule has 5 heteroatoms. The molecule has 2 amide bonds. The number of carbonyl (C=O) groups is 1. The van der Waals surface area contributed by atoms with Crippen molar-refractivity contribution < 1.29 is 9.53 Å². The second kappa shape index (κ2) is 6.92. The van der Waals surface area contributed by atoms with Crippen LogP contribution in [0.15, 0.2) is 48.5 Å². The molecule has 0 radical (unpaired) electrons. The molecule has 1 heterocycles. The van der Waals surface area contributed by atoms with Crippen molar-refractivity contribution >= 4 is 23.3 Å². The van der Waals surface area contributed by atoms with Crippen LogP contribution in [-0.2, 0) is 6.42 Å². The Kier molecular flexibility index (Phi) is 4.72. The fourth-order valence-electron chi connectivity index (χ4n) is 2.84. The van der Waals surface area contributed by atoms with Gasteiger partial charge in [0.25, 0.3) is 0 Å². The molecule has 1 N–H and O–H groups in total. The van der Waals surface area contributed by atoms with E-state index in [4.69, 9.17) is 16.3 Å². The number of rotatable bonds is 4. The fourth-order valence-corrected chi connectivity index (χ4v) is 3.03. The lowest BCUT2D eigenvalue weighted by Gasteiger charge is -2.23. The van der Waals surface area contributed by atoms with Gasteiger partial charge in [-0.3, -0.25) is 4.90 Å². The summed E-state index contributed by atoms with van der Waals surface area (Å²) in [6.45, 7) is 2.86. The summed E-state index contributed by atoms with van der Waals surface area (Å²) >= 11 is 6.02. The van der Waals surface area contributed by atoms with E-state index in [1.54, 1.807) is 6.07 Å². The molecular formula is C18H19ClN2O2. The van der Waals surface area contributed by atoms with Crippen molar-refractivity contribution in [2.24, 2.45) is 0 Å². The Balaban J connectivity index is 1.53. The Labute approximate surface area is 141 Å². The number of halogens is 1. The average molecular weight is 331 g/mol. The maximum absolute atomic E-state index is 12.4. The first kappa shape index (κ1) is 15.7. The van der Waals surface area contributed by atoms with E-state index in [0.29, 0.717) is 23.9 Å². The molecule has 2 aromatic carbocycles. The molecule has 120 valence electrons. The number of amides is 2. The SMILES string of the molecule is CC1Cc2ccccc2N1C(=O)NCCOc1ccccc1Cl. The predicted octanol–water partition coefficient (Wildman–Crippen LogP) is 3.88. The van der Waals surface area contributed by atoms with E-state index in [2.05, 4.69) is 18.3 Å². The molecule has 0 saturated carbocycles. The van der Waals surface area contributed by atoms with Crippen molar-refractivity contribution in [1.82, 2.24) is 5.32 Å². The summed E-state index contributed by atoms with van der Waals surface area (Å²) in [4.78, 5) is 14.2. The summed E-state index contributed by atoms with van der Waals surface area (Å²) in [7, 11) is 0. The Morgan fingerprint density at radius 3 is 2.83 bits per heavy atom. The minimum atomic E-state index is -0.0924. The highest BCUT2D eigenvalue weighted by molar-refractivity contribution is 6.32. The highest BCUT2D eigenvalue weighted by Gasteiger charge is 2.30. The molecule has 0 bridgehead atoms. The highest BCUT2D eigenvalue weighted by atomic mass is 35.5. The number of fused-ring (bicyclic) bond motifs is 1. The third kappa shape index (κ3) is 3.42. The number of hydrogen-bond acceptors (Lipinski definition) is 2. The number of para-hydroxylation sites is 2. The van der Waals surface area contributed by atoms with Gasteiger partial charge >= 0.3 is 6.03 Å². The minimum Gasteiger partial charge on any atom is -0.490 e. The number of urea groups is 1. The molecule has 1 atom stereocenters. The highest BCUT2D eigenvalue weighted by Crippen LogP contribution is 2.31. The van der Waals surface area contributed by atoms with Gasteiger partial charge in [-0.25, -0.2) is 4.79 Å². The normalized spacial score (nSPS) is 16.1. The number of nitrogens with one attached hydrogen (secondary N) is 1. The smallest absolute Gasteiger partial charge is 0.322 e. The maximum Gasteiger partial charge on any atom is 0.322 e. The van der Waals surface area contributed by atoms with Crippen molar-refractivity contribution in [3.63, 3.8) is 0 Å². The quantitative estimate of drug-likeness (QED) is 0.864. The predicted molar refractivity (Wildman–Crippen MR) is 92.4 cm³/mol. The number of carbonyl (C=O) groups excluding carboxylic acids is 1. The van der Waals surface area contributed by atoms with Crippen LogP contribution in [0, 0.1) is 0 Å². The van der Waals surface area contributed by atoms with Gasteiger partial charge in [-0.1, -0.05) is 41.9 Å². The number of benzene rings is 2. The van der Waals surface area contributed by atoms with E-state index >= 15 is 0 Å². The van der Waals surface area contributed by atoms with Crippen LogP contribution in [0.1, 0.15) is 12.5 Å². The zero-order valence-electron chi connectivity index (χ0n) is 13.0. The second-order valence-corrected chi connectivity index (χ2v) is 5.97. The first-order valence-corrected chi connectivity index (χ1v) is 8.07. The van der Waals surface area contributed by atoms with Gasteiger partial charge in [0.1, 0.15) is 12.4 Å². The summed E-state index contributed by atoms with van der Waals surface area (Å²) in [5, 5.41) is 3.47. The van der Waals surface area contributed by atoms with E-state index in [-0.39, 0.29) is 12.1 Å². The van der Waals surface area contributed by atoms with Gasteiger partial charge in [0.05, 0.1) is 11.6 Å². The van der Waals surface area contributed by atoms with E-state index in [1.165, 1.54) is 5.56 Å². The molecular weight excluding hydrogens is 312 g/mol. The Morgan fingerprint density at radius 2 is 2.00 bits per heavy atom. The summed E-state index contributed by atoms with van der Waals surface area (Å²) in [5.74, 6) is 0.628. The topological polar surface area (TPSA) is 41.6 Å². The van der Waals surface area contributed by atoms with Crippen LogP contribution in [0.3, 0.4) is 0 Å². The molecule has 1 unspecified atom stereocenters. The Bertz CT molecular complexity index is 705. The van der Waals surface area contributed by atoms with Crippen LogP contribution < -0.4 is 15.0 Å². The lowest BCUT2D eigenvalue weighted by Crippen LogP contribution is -2.44. The van der Waals surface area contributed by atoms with Crippen molar-refractivity contribution in [3.05, 3.63) is 59.1 Å². The third-order valence-corrected chi connectivity index (χ3v) is 4.21. The van der Waals surface area contributed by atoms with Gasteiger partial charge in [-0.2, -0.15) is 0 Å². The number of ether oxygens (including phenoxy) is 1. The summed E-state index contributed by atoms with van der Waals surface area (Å²) < 4.78 is 5.58. The van der Waals surface area contributed by atoms with Gasteiger partial charge < -0.3 is 10.1 Å². The lowest BCUT2D eigenvalue weighted by atomic mass is 10.1. The van der Waals surface area contributed by atoms with Crippen molar-refractivity contribution in [2.45, 2.75) is 19.4 Å². The third-order valence-electron chi connectivity index (χ3n) is 3.90. The van der Waals surface area contributed by atoms with Gasteiger partial charge in [0.2, 0.25) is 0 Å². The Hall–Kier alpha value is -2.20. The molecule has 1 aliphatic rings. The van der Waals surface area contributed by atoms with Crippen LogP contribution >= 0.6 is 11.6 Å². The summed E-state index contributed by atoms with van der Waals surface area (Å²) in [6.07, 6.45) is 0.889. The fraction of sp³-hybridized carbons (Fsp3) is 0.278. The van der Waals surface area contributed by atoms with E-state index < -0.39 is 0 Å². The average Bonchev–Trinajstić information content (AvgIpc) is 2.88. The van der Waals surface area contributed by atoms with Crippen LogP contribution in [0.25, 0.3) is 0 Å². The molecule has 0 aromatic heterocycles. The Morgan fingerprint density at radius 1 is 1.26 bits per heavy atom. The number of anilines is 1. The van der Waals surface area contributed by atoms with Crippen LogP contribution in [0.4, 0.5) is 10.5 Å². The molecule has 3 rings (SSSR count). The molecule has 23 heavy (non-hydrogen) atoms. The molecule has 2 aromatic rings. The van der Waals surface area contributed by atoms with Crippen molar-refractivity contribution in [3.8, 4) is 5.75 Å². The van der Waals surface area contributed by atoms with Gasteiger partial charge in [0.15, 0.2) is 0 Å².